The molecule has 0 saturated heterocycles. The van der Waals surface area contributed by atoms with Crippen LogP contribution in [0.5, 0.6) is 0 Å². The maximum Gasteiger partial charge on any atom is 0.308 e. The van der Waals surface area contributed by atoms with Crippen molar-refractivity contribution in [1.29, 1.82) is 0 Å². The molecule has 0 bridgehead atoms. The minimum Gasteiger partial charge on any atom is -0.481 e. The Morgan fingerprint density at radius 1 is 1.27 bits per heavy atom. The number of nitrogens with one attached hydrogen (secondary N) is 1. The number of nitrogens with zero attached hydrogens (tertiary/aromatic N) is 2. The molecule has 1 unspecified atom stereocenters. The quantitative estimate of drug-likeness (QED) is 0.423. The summed E-state index contributed by atoms with van der Waals surface area (Å²) >= 11 is 2.96. The second-order valence-electron chi connectivity index (χ2n) is 7.79. The molecule has 2 aromatic carbocycles. The second-order valence-corrected chi connectivity index (χ2v) is 10.1. The van der Waals surface area contributed by atoms with Gasteiger partial charge in [0, 0.05) is 16.3 Å². The summed E-state index contributed by atoms with van der Waals surface area (Å²) in [6, 6.07) is 13.5. The second kappa shape index (κ2) is 10.4. The van der Waals surface area contributed by atoms with E-state index in [-0.39, 0.29) is 16.8 Å². The number of fused-ring (bicyclic) bond motifs is 1. The number of aliphatic imine (C=N–C) groups is 1. The maximum atomic E-state index is 12.8. The van der Waals surface area contributed by atoms with Crippen LogP contribution in [0.4, 0.5) is 5.69 Å². The summed E-state index contributed by atoms with van der Waals surface area (Å²) in [5, 5.41) is 2.96. The van der Waals surface area contributed by atoms with E-state index in [9.17, 15) is 9.59 Å². The zero-order chi connectivity index (χ0) is 23.4. The largest absolute Gasteiger partial charge is 0.481 e. The number of carbonyl (C=O) groups is 1. The molecule has 33 heavy (non-hydrogen) atoms. The van der Waals surface area contributed by atoms with Gasteiger partial charge in [0.25, 0.3) is 0 Å². The van der Waals surface area contributed by atoms with E-state index in [0.717, 1.165) is 40.1 Å². The van der Waals surface area contributed by atoms with Gasteiger partial charge in [0.2, 0.25) is 11.8 Å². The van der Waals surface area contributed by atoms with Crippen molar-refractivity contribution < 1.29 is 9.53 Å². The van der Waals surface area contributed by atoms with Gasteiger partial charge in [0.05, 0.1) is 29.8 Å². The monoisotopic (exact) mass is 481 g/mol. The van der Waals surface area contributed by atoms with Crippen molar-refractivity contribution in [2.75, 3.05) is 18.2 Å². The Morgan fingerprint density at radius 2 is 2.06 bits per heavy atom. The van der Waals surface area contributed by atoms with Gasteiger partial charge in [-0.05, 0) is 67.5 Å². The van der Waals surface area contributed by atoms with Crippen molar-refractivity contribution >= 4 is 50.6 Å². The van der Waals surface area contributed by atoms with E-state index < -0.39 is 0 Å². The molecule has 8 heteroatoms. The number of methoxy groups -OCH3 is 1. The summed E-state index contributed by atoms with van der Waals surface area (Å²) < 4.78 is 7.88. The molecule has 1 N–H and O–H groups in total. The fourth-order valence-corrected chi connectivity index (χ4v) is 5.57. The minimum atomic E-state index is -0.167. The third-order valence-corrected chi connectivity index (χ3v) is 7.36. The molecule has 0 radical (unpaired) electrons. The highest BCUT2D eigenvalue weighted by atomic mass is 32.2. The molecule has 1 aliphatic rings. The van der Waals surface area contributed by atoms with Crippen LogP contribution in [0.25, 0.3) is 10.2 Å². The van der Waals surface area contributed by atoms with Gasteiger partial charge in [-0.15, -0.1) is 11.8 Å². The summed E-state index contributed by atoms with van der Waals surface area (Å²) in [5.41, 5.74) is 3.43. The van der Waals surface area contributed by atoms with Crippen molar-refractivity contribution in [2.24, 2.45) is 4.99 Å². The van der Waals surface area contributed by atoms with Gasteiger partial charge >= 0.3 is 4.87 Å². The number of carbonyl (C=O) groups excluding carboxylic acids is 1. The zero-order valence-electron chi connectivity index (χ0n) is 19.0. The lowest BCUT2D eigenvalue weighted by atomic mass is 10.1. The van der Waals surface area contributed by atoms with Gasteiger partial charge in [-0.3, -0.25) is 14.2 Å². The van der Waals surface area contributed by atoms with E-state index in [1.165, 1.54) is 16.2 Å². The average molecular weight is 482 g/mol. The van der Waals surface area contributed by atoms with E-state index in [1.54, 1.807) is 23.4 Å². The lowest BCUT2D eigenvalue weighted by Crippen LogP contribution is -2.25. The highest BCUT2D eigenvalue weighted by molar-refractivity contribution is 7.99. The zero-order valence-corrected chi connectivity index (χ0v) is 20.6. The number of hydrogen-bond acceptors (Lipinski definition) is 6. The number of benzene rings is 2. The molecular formula is C25H27N3O3S2. The molecule has 0 saturated carbocycles. The smallest absolute Gasteiger partial charge is 0.308 e. The predicted octanol–water partition coefficient (Wildman–Crippen LogP) is 5.64. The third-order valence-electron chi connectivity index (χ3n) is 5.55. The molecule has 1 aromatic heterocycles. The molecule has 1 aliphatic heterocycles. The predicted molar refractivity (Wildman–Crippen MR) is 138 cm³/mol. The number of allylic oxidation sites excluding steroid dienone is 1. The highest BCUT2D eigenvalue weighted by Crippen LogP contribution is 2.27. The normalized spacial score (nSPS) is 14.5. The number of ether oxygens (including phenoxy) is 1. The van der Waals surface area contributed by atoms with Crippen LogP contribution in [0, 0.1) is 0 Å². The number of anilines is 1. The maximum absolute atomic E-state index is 12.8. The van der Waals surface area contributed by atoms with Gasteiger partial charge < -0.3 is 10.1 Å². The third kappa shape index (κ3) is 5.39. The van der Waals surface area contributed by atoms with Crippen molar-refractivity contribution in [3.8, 4) is 0 Å². The SMILES string of the molecule is CCSc1ccc(CC(=O)Nc2ccc3c(c2)sc(=O)n3C(C)C2=NC(OC)=CCC2)cc1. The van der Waals surface area contributed by atoms with Crippen LogP contribution in [-0.2, 0) is 16.0 Å². The summed E-state index contributed by atoms with van der Waals surface area (Å²) in [7, 11) is 1.60. The summed E-state index contributed by atoms with van der Waals surface area (Å²) in [4.78, 5) is 31.1. The number of thioether (sulfide) groups is 1. The molecule has 0 aliphatic carbocycles. The van der Waals surface area contributed by atoms with Crippen molar-refractivity contribution in [1.82, 2.24) is 4.57 Å². The Balaban J connectivity index is 1.50. The lowest BCUT2D eigenvalue weighted by Gasteiger charge is -2.19. The first-order chi connectivity index (χ1) is 16.0. The van der Waals surface area contributed by atoms with Crippen molar-refractivity contribution in [3.05, 3.63) is 69.7 Å². The number of amides is 1. The molecule has 0 spiro atoms. The molecule has 3 aromatic rings. The molecule has 1 atom stereocenters. The number of thiazole rings is 1. The van der Waals surface area contributed by atoms with Gasteiger partial charge in [-0.1, -0.05) is 30.4 Å². The standard InChI is InChI=1S/C25H27N3O3S2/c1-4-32-19-11-8-17(9-12-19)14-23(29)26-18-10-13-21-22(15-18)33-25(30)28(21)16(2)20-6-5-7-24(27-20)31-3/h7-13,15-16H,4-6,14H2,1-3H3,(H,26,29). The molecular weight excluding hydrogens is 454 g/mol. The molecule has 6 nitrogen and oxygen atoms in total. The minimum absolute atomic E-state index is 0.0396. The number of hydrogen-bond donors (Lipinski definition) is 1. The van der Waals surface area contributed by atoms with E-state index in [2.05, 4.69) is 17.2 Å². The highest BCUT2D eigenvalue weighted by Gasteiger charge is 2.21. The first-order valence-corrected chi connectivity index (χ1v) is 12.8. The van der Waals surface area contributed by atoms with E-state index in [0.29, 0.717) is 18.0 Å². The molecule has 172 valence electrons. The lowest BCUT2D eigenvalue weighted by molar-refractivity contribution is -0.115. The molecule has 1 amide bonds. The summed E-state index contributed by atoms with van der Waals surface area (Å²) in [5.74, 6) is 1.54. The van der Waals surface area contributed by atoms with Crippen LogP contribution in [0.15, 0.2) is 69.1 Å². The number of rotatable bonds is 8. The molecule has 2 heterocycles. The van der Waals surface area contributed by atoms with Gasteiger partial charge in [-0.25, -0.2) is 4.99 Å². The first kappa shape index (κ1) is 23.3. The Morgan fingerprint density at radius 3 is 2.79 bits per heavy atom. The van der Waals surface area contributed by atoms with Crippen molar-refractivity contribution in [3.63, 3.8) is 0 Å². The fourth-order valence-electron chi connectivity index (χ4n) is 3.91. The summed E-state index contributed by atoms with van der Waals surface area (Å²) in [6.45, 7) is 4.11. The Labute approximate surface area is 201 Å². The Bertz CT molecular complexity index is 1270. The van der Waals surface area contributed by atoms with E-state index in [1.807, 2.05) is 55.5 Å². The Hall–Kier alpha value is -2.84. The van der Waals surface area contributed by atoms with Gasteiger partial charge in [0.1, 0.15) is 0 Å². The van der Waals surface area contributed by atoms with Gasteiger partial charge in [0.15, 0.2) is 0 Å². The topological polar surface area (TPSA) is 72.7 Å². The van der Waals surface area contributed by atoms with Crippen LogP contribution < -0.4 is 10.2 Å². The van der Waals surface area contributed by atoms with Crippen molar-refractivity contribution in [2.45, 2.75) is 44.0 Å². The fraction of sp³-hybridized carbons (Fsp3) is 0.320. The van der Waals surface area contributed by atoms with Gasteiger partial charge in [-0.2, -0.15) is 0 Å². The van der Waals surface area contributed by atoms with Crippen LogP contribution >= 0.6 is 23.1 Å². The van der Waals surface area contributed by atoms with E-state index >= 15 is 0 Å². The summed E-state index contributed by atoms with van der Waals surface area (Å²) in [6.07, 6.45) is 3.90. The Kier molecular flexibility index (Phi) is 7.35. The molecule has 4 rings (SSSR count). The average Bonchev–Trinajstić information content (AvgIpc) is 3.14. The van der Waals surface area contributed by atoms with Crippen LogP contribution in [-0.4, -0.2) is 29.0 Å². The van der Waals surface area contributed by atoms with E-state index in [4.69, 9.17) is 4.74 Å². The van der Waals surface area contributed by atoms with Crippen LogP contribution in [0.2, 0.25) is 0 Å². The molecule has 0 fully saturated rings. The first-order valence-electron chi connectivity index (χ1n) is 11.0. The van der Waals surface area contributed by atoms with Crippen LogP contribution in [0.3, 0.4) is 0 Å². The van der Waals surface area contributed by atoms with Crippen LogP contribution in [0.1, 0.15) is 38.3 Å². The number of aromatic nitrogens is 1.